The molecule has 2 rings (SSSR count). The van der Waals surface area contributed by atoms with Crippen LogP contribution in [0, 0.1) is 6.92 Å². The van der Waals surface area contributed by atoms with E-state index in [1.807, 2.05) is 19.1 Å². The third kappa shape index (κ3) is 3.59. The molecule has 0 unspecified atom stereocenters. The quantitative estimate of drug-likeness (QED) is 0.857. The minimum absolute atomic E-state index is 0.289. The van der Waals surface area contributed by atoms with E-state index in [2.05, 4.69) is 10.3 Å². The van der Waals surface area contributed by atoms with Crippen molar-refractivity contribution in [3.05, 3.63) is 63.8 Å². The van der Waals surface area contributed by atoms with Crippen molar-refractivity contribution >= 4 is 41.0 Å². The lowest BCUT2D eigenvalue weighted by molar-refractivity contribution is -0.111. The first-order valence-electron chi connectivity index (χ1n) is 5.92. The fourth-order valence-electron chi connectivity index (χ4n) is 1.60. The van der Waals surface area contributed by atoms with Crippen LogP contribution in [0.4, 0.5) is 5.82 Å². The monoisotopic (exact) mass is 306 g/mol. The summed E-state index contributed by atoms with van der Waals surface area (Å²) in [5.41, 5.74) is 1.51. The molecule has 20 heavy (non-hydrogen) atoms. The number of hydrogen-bond acceptors (Lipinski definition) is 2. The molecule has 1 aromatic carbocycles. The molecule has 1 aromatic heterocycles. The normalized spacial score (nSPS) is 10.8. The van der Waals surface area contributed by atoms with Crippen LogP contribution >= 0.6 is 23.2 Å². The average Bonchev–Trinajstić information content (AvgIpc) is 2.41. The zero-order valence-corrected chi connectivity index (χ0v) is 12.2. The van der Waals surface area contributed by atoms with Crippen molar-refractivity contribution in [3.8, 4) is 0 Å². The maximum absolute atomic E-state index is 11.8. The van der Waals surface area contributed by atoms with Gasteiger partial charge in [-0.2, -0.15) is 0 Å². The molecule has 0 saturated carbocycles. The fourth-order valence-corrected chi connectivity index (χ4v) is 2.13. The van der Waals surface area contributed by atoms with Gasteiger partial charge in [0.25, 0.3) is 0 Å². The molecule has 0 aliphatic rings. The highest BCUT2D eigenvalue weighted by molar-refractivity contribution is 6.37. The smallest absolute Gasteiger partial charge is 0.249 e. The number of amides is 1. The zero-order valence-electron chi connectivity index (χ0n) is 10.7. The van der Waals surface area contributed by atoms with Gasteiger partial charge in [0, 0.05) is 27.9 Å². The minimum Gasteiger partial charge on any atom is -0.307 e. The Balaban J connectivity index is 2.12. The van der Waals surface area contributed by atoms with Crippen LogP contribution in [0.2, 0.25) is 10.0 Å². The average molecular weight is 307 g/mol. The minimum atomic E-state index is -0.289. The van der Waals surface area contributed by atoms with Crippen molar-refractivity contribution in [1.82, 2.24) is 4.98 Å². The summed E-state index contributed by atoms with van der Waals surface area (Å²) in [6.07, 6.45) is 4.58. The second kappa shape index (κ2) is 6.55. The van der Waals surface area contributed by atoms with E-state index in [1.54, 1.807) is 30.5 Å². The Labute approximate surface area is 127 Å². The van der Waals surface area contributed by atoms with Gasteiger partial charge in [0.1, 0.15) is 5.82 Å². The first kappa shape index (κ1) is 14.6. The highest BCUT2D eigenvalue weighted by Crippen LogP contribution is 2.25. The molecule has 0 spiro atoms. The van der Waals surface area contributed by atoms with Crippen molar-refractivity contribution in [2.24, 2.45) is 0 Å². The second-order valence-corrected chi connectivity index (χ2v) is 4.94. The van der Waals surface area contributed by atoms with Crippen LogP contribution < -0.4 is 5.32 Å². The molecule has 102 valence electrons. The van der Waals surface area contributed by atoms with Gasteiger partial charge < -0.3 is 5.32 Å². The number of carbonyl (C=O) groups excluding carboxylic acids is 1. The van der Waals surface area contributed by atoms with Crippen LogP contribution in [-0.4, -0.2) is 10.9 Å². The highest BCUT2D eigenvalue weighted by Gasteiger charge is 2.04. The molecule has 1 heterocycles. The van der Waals surface area contributed by atoms with Gasteiger partial charge in [0.2, 0.25) is 5.91 Å². The van der Waals surface area contributed by atoms with Gasteiger partial charge in [0.15, 0.2) is 0 Å². The van der Waals surface area contributed by atoms with Gasteiger partial charge in [-0.05, 0) is 36.8 Å². The van der Waals surface area contributed by atoms with Crippen LogP contribution in [0.1, 0.15) is 11.1 Å². The summed E-state index contributed by atoms with van der Waals surface area (Å²) in [5, 5.41) is 3.69. The molecule has 0 aliphatic carbocycles. The largest absolute Gasteiger partial charge is 0.307 e. The van der Waals surface area contributed by atoms with E-state index < -0.39 is 0 Å². The van der Waals surface area contributed by atoms with E-state index in [-0.39, 0.29) is 5.91 Å². The Bertz CT molecular complexity index is 648. The van der Waals surface area contributed by atoms with Crippen molar-refractivity contribution in [2.45, 2.75) is 6.92 Å². The SMILES string of the molecule is Cc1cccnc1NC(=O)C=Cc1c(Cl)cccc1Cl. The number of pyridine rings is 1. The van der Waals surface area contributed by atoms with Crippen molar-refractivity contribution in [2.75, 3.05) is 5.32 Å². The molecule has 2 aromatic rings. The maximum atomic E-state index is 11.8. The van der Waals surface area contributed by atoms with Crippen LogP contribution in [0.3, 0.4) is 0 Å². The molecule has 1 amide bonds. The van der Waals surface area contributed by atoms with Gasteiger partial charge >= 0.3 is 0 Å². The number of nitrogens with zero attached hydrogens (tertiary/aromatic N) is 1. The van der Waals surface area contributed by atoms with E-state index in [4.69, 9.17) is 23.2 Å². The number of nitrogens with one attached hydrogen (secondary N) is 1. The Morgan fingerprint density at radius 3 is 2.55 bits per heavy atom. The van der Waals surface area contributed by atoms with E-state index in [0.717, 1.165) is 5.56 Å². The Kier molecular flexibility index (Phi) is 4.77. The van der Waals surface area contributed by atoms with Gasteiger partial charge in [0.05, 0.1) is 0 Å². The van der Waals surface area contributed by atoms with Gasteiger partial charge in [-0.25, -0.2) is 4.98 Å². The number of halogens is 2. The molecular weight excluding hydrogens is 295 g/mol. The Morgan fingerprint density at radius 2 is 1.90 bits per heavy atom. The number of benzene rings is 1. The summed E-state index contributed by atoms with van der Waals surface area (Å²) in [6.45, 7) is 1.87. The van der Waals surface area contributed by atoms with Crippen molar-refractivity contribution in [3.63, 3.8) is 0 Å². The third-order valence-corrected chi connectivity index (χ3v) is 3.31. The summed E-state index contributed by atoms with van der Waals surface area (Å²) >= 11 is 12.0. The molecule has 0 bridgehead atoms. The van der Waals surface area contributed by atoms with Gasteiger partial charge in [-0.3, -0.25) is 4.79 Å². The lowest BCUT2D eigenvalue weighted by Gasteiger charge is -2.04. The molecule has 3 nitrogen and oxygen atoms in total. The number of anilines is 1. The first-order chi connectivity index (χ1) is 9.58. The summed E-state index contributed by atoms with van der Waals surface area (Å²) in [4.78, 5) is 15.9. The summed E-state index contributed by atoms with van der Waals surface area (Å²) in [5.74, 6) is 0.246. The predicted molar refractivity (Wildman–Crippen MR) is 83.1 cm³/mol. The van der Waals surface area contributed by atoms with Crippen LogP contribution in [0.25, 0.3) is 6.08 Å². The molecule has 0 saturated heterocycles. The molecule has 0 aliphatic heterocycles. The van der Waals surface area contributed by atoms with Crippen LogP contribution in [0.15, 0.2) is 42.6 Å². The Morgan fingerprint density at radius 1 is 1.20 bits per heavy atom. The first-order valence-corrected chi connectivity index (χ1v) is 6.68. The highest BCUT2D eigenvalue weighted by atomic mass is 35.5. The molecule has 0 radical (unpaired) electrons. The molecule has 0 fully saturated rings. The number of carbonyl (C=O) groups is 1. The predicted octanol–water partition coefficient (Wildman–Crippen LogP) is 4.35. The van der Waals surface area contributed by atoms with Crippen molar-refractivity contribution < 1.29 is 4.79 Å². The Hall–Kier alpha value is -1.84. The molecule has 5 heteroatoms. The van der Waals surface area contributed by atoms with E-state index in [9.17, 15) is 4.79 Å². The lowest BCUT2D eigenvalue weighted by Crippen LogP contribution is -2.10. The summed E-state index contributed by atoms with van der Waals surface area (Å²) < 4.78 is 0. The van der Waals surface area contributed by atoms with Crippen LogP contribution in [-0.2, 0) is 4.79 Å². The van der Waals surface area contributed by atoms with E-state index in [0.29, 0.717) is 21.4 Å². The summed E-state index contributed by atoms with van der Waals surface area (Å²) in [7, 11) is 0. The number of aromatic nitrogens is 1. The summed E-state index contributed by atoms with van der Waals surface area (Å²) in [6, 6.07) is 8.86. The standard InChI is InChI=1S/C15H12Cl2N2O/c1-10-4-3-9-18-15(10)19-14(20)8-7-11-12(16)5-2-6-13(11)17/h2-9H,1H3,(H,18,19,20). The van der Waals surface area contributed by atoms with Crippen LogP contribution in [0.5, 0.6) is 0 Å². The van der Waals surface area contributed by atoms with E-state index >= 15 is 0 Å². The second-order valence-electron chi connectivity index (χ2n) is 4.13. The number of rotatable bonds is 3. The third-order valence-electron chi connectivity index (χ3n) is 2.65. The molecular formula is C15H12Cl2N2O. The topological polar surface area (TPSA) is 42.0 Å². The molecule has 1 N–H and O–H groups in total. The van der Waals surface area contributed by atoms with Gasteiger partial charge in [-0.1, -0.05) is 35.3 Å². The van der Waals surface area contributed by atoms with E-state index in [1.165, 1.54) is 6.08 Å². The van der Waals surface area contributed by atoms with Crippen molar-refractivity contribution in [1.29, 1.82) is 0 Å². The zero-order chi connectivity index (χ0) is 14.5. The number of aryl methyl sites for hydroxylation is 1. The molecule has 0 atom stereocenters. The fraction of sp³-hybridized carbons (Fsp3) is 0.0667. The number of hydrogen-bond donors (Lipinski definition) is 1. The maximum Gasteiger partial charge on any atom is 0.249 e. The lowest BCUT2D eigenvalue weighted by atomic mass is 10.2. The van der Waals surface area contributed by atoms with Gasteiger partial charge in [-0.15, -0.1) is 0 Å².